The summed E-state index contributed by atoms with van der Waals surface area (Å²) in [7, 11) is 0. The SMILES string of the molecule is CCc1ccc(C2(CN)CCCNC(=O)C2)cc1. The van der Waals surface area contributed by atoms with Gasteiger partial charge in [-0.25, -0.2) is 0 Å². The van der Waals surface area contributed by atoms with E-state index in [-0.39, 0.29) is 11.3 Å². The van der Waals surface area contributed by atoms with Crippen molar-refractivity contribution >= 4 is 5.91 Å². The zero-order valence-electron chi connectivity index (χ0n) is 11.0. The van der Waals surface area contributed by atoms with E-state index in [1.54, 1.807) is 0 Å². The monoisotopic (exact) mass is 246 g/mol. The topological polar surface area (TPSA) is 55.1 Å². The minimum Gasteiger partial charge on any atom is -0.356 e. The number of nitrogens with one attached hydrogen (secondary N) is 1. The Balaban J connectivity index is 2.31. The summed E-state index contributed by atoms with van der Waals surface area (Å²) < 4.78 is 0. The number of benzene rings is 1. The smallest absolute Gasteiger partial charge is 0.220 e. The van der Waals surface area contributed by atoms with E-state index in [0.717, 1.165) is 25.8 Å². The van der Waals surface area contributed by atoms with Crippen LogP contribution in [0.4, 0.5) is 0 Å². The molecule has 2 rings (SSSR count). The highest BCUT2D eigenvalue weighted by atomic mass is 16.1. The highest BCUT2D eigenvalue weighted by Gasteiger charge is 2.34. The first-order valence-corrected chi connectivity index (χ1v) is 6.76. The summed E-state index contributed by atoms with van der Waals surface area (Å²) in [6.45, 7) is 3.45. The van der Waals surface area contributed by atoms with Crippen LogP contribution in [0.5, 0.6) is 0 Å². The molecule has 1 fully saturated rings. The molecule has 1 aliphatic heterocycles. The van der Waals surface area contributed by atoms with Gasteiger partial charge in [-0.1, -0.05) is 31.2 Å². The van der Waals surface area contributed by atoms with Crippen LogP contribution in [0.15, 0.2) is 24.3 Å². The fourth-order valence-electron chi connectivity index (χ4n) is 2.75. The Hall–Kier alpha value is -1.35. The number of nitrogens with two attached hydrogens (primary N) is 1. The maximum atomic E-state index is 11.8. The third-order valence-electron chi connectivity index (χ3n) is 4.02. The second-order valence-corrected chi connectivity index (χ2v) is 5.17. The van der Waals surface area contributed by atoms with Crippen LogP contribution >= 0.6 is 0 Å². The Morgan fingerprint density at radius 3 is 2.67 bits per heavy atom. The average molecular weight is 246 g/mol. The van der Waals surface area contributed by atoms with Crippen molar-refractivity contribution in [2.45, 2.75) is 38.0 Å². The van der Waals surface area contributed by atoms with E-state index in [4.69, 9.17) is 5.73 Å². The van der Waals surface area contributed by atoms with E-state index < -0.39 is 0 Å². The van der Waals surface area contributed by atoms with Gasteiger partial charge in [-0.15, -0.1) is 0 Å². The minimum absolute atomic E-state index is 0.123. The molecule has 0 saturated carbocycles. The second-order valence-electron chi connectivity index (χ2n) is 5.17. The third-order valence-corrected chi connectivity index (χ3v) is 4.02. The first-order valence-electron chi connectivity index (χ1n) is 6.76. The molecule has 3 nitrogen and oxygen atoms in total. The second kappa shape index (κ2) is 5.53. The largest absolute Gasteiger partial charge is 0.356 e. The number of carbonyl (C=O) groups excluding carboxylic acids is 1. The number of hydrogen-bond donors (Lipinski definition) is 2. The van der Waals surface area contributed by atoms with Crippen molar-refractivity contribution in [1.82, 2.24) is 5.32 Å². The van der Waals surface area contributed by atoms with Crippen LogP contribution in [0.25, 0.3) is 0 Å². The summed E-state index contributed by atoms with van der Waals surface area (Å²) in [5.41, 5.74) is 8.35. The van der Waals surface area contributed by atoms with Gasteiger partial charge >= 0.3 is 0 Å². The lowest BCUT2D eigenvalue weighted by Gasteiger charge is -2.31. The van der Waals surface area contributed by atoms with Crippen LogP contribution in [-0.2, 0) is 16.6 Å². The van der Waals surface area contributed by atoms with Gasteiger partial charge < -0.3 is 11.1 Å². The molecular weight excluding hydrogens is 224 g/mol. The van der Waals surface area contributed by atoms with E-state index in [0.29, 0.717) is 13.0 Å². The Morgan fingerprint density at radius 1 is 1.33 bits per heavy atom. The highest BCUT2D eigenvalue weighted by Crippen LogP contribution is 2.33. The van der Waals surface area contributed by atoms with Crippen molar-refractivity contribution in [3.63, 3.8) is 0 Å². The van der Waals surface area contributed by atoms with Gasteiger partial charge in [-0.05, 0) is 30.4 Å². The number of hydrogen-bond acceptors (Lipinski definition) is 2. The number of amides is 1. The Bertz CT molecular complexity index is 413. The normalized spacial score (nSPS) is 24.4. The van der Waals surface area contributed by atoms with E-state index >= 15 is 0 Å². The van der Waals surface area contributed by atoms with Gasteiger partial charge in [0.1, 0.15) is 0 Å². The molecule has 0 radical (unpaired) electrons. The van der Waals surface area contributed by atoms with Crippen molar-refractivity contribution in [2.24, 2.45) is 5.73 Å². The van der Waals surface area contributed by atoms with Gasteiger partial charge in [-0.3, -0.25) is 4.79 Å². The summed E-state index contributed by atoms with van der Waals surface area (Å²) in [6.07, 6.45) is 3.53. The van der Waals surface area contributed by atoms with Crippen LogP contribution in [0.1, 0.15) is 37.3 Å². The first-order chi connectivity index (χ1) is 8.70. The van der Waals surface area contributed by atoms with Crippen LogP contribution in [-0.4, -0.2) is 19.0 Å². The molecule has 1 amide bonds. The average Bonchev–Trinajstić information content (AvgIpc) is 2.61. The van der Waals surface area contributed by atoms with Crippen LogP contribution in [0.2, 0.25) is 0 Å². The fraction of sp³-hybridized carbons (Fsp3) is 0.533. The van der Waals surface area contributed by atoms with Crippen molar-refractivity contribution in [1.29, 1.82) is 0 Å². The highest BCUT2D eigenvalue weighted by molar-refractivity contribution is 5.78. The molecule has 0 bridgehead atoms. The molecule has 1 heterocycles. The maximum Gasteiger partial charge on any atom is 0.220 e. The summed E-state index contributed by atoms with van der Waals surface area (Å²) in [5.74, 6) is 0.123. The summed E-state index contributed by atoms with van der Waals surface area (Å²) >= 11 is 0. The summed E-state index contributed by atoms with van der Waals surface area (Å²) in [5, 5.41) is 2.93. The van der Waals surface area contributed by atoms with E-state index in [2.05, 4.69) is 36.5 Å². The molecular formula is C15H22N2O. The third kappa shape index (κ3) is 2.56. The Kier molecular flexibility index (Phi) is 4.02. The van der Waals surface area contributed by atoms with Crippen molar-refractivity contribution in [3.8, 4) is 0 Å². The van der Waals surface area contributed by atoms with Gasteiger partial charge in [0.15, 0.2) is 0 Å². The van der Waals surface area contributed by atoms with Crippen LogP contribution in [0, 0.1) is 0 Å². The first kappa shape index (κ1) is 13.1. The minimum atomic E-state index is -0.174. The lowest BCUT2D eigenvalue weighted by molar-refractivity contribution is -0.121. The quantitative estimate of drug-likeness (QED) is 0.853. The Morgan fingerprint density at radius 2 is 2.06 bits per heavy atom. The number of aryl methyl sites for hydroxylation is 1. The zero-order valence-corrected chi connectivity index (χ0v) is 11.0. The molecule has 1 saturated heterocycles. The number of carbonyl (C=O) groups is 1. The predicted molar refractivity (Wildman–Crippen MR) is 73.4 cm³/mol. The molecule has 0 spiro atoms. The molecule has 1 aliphatic rings. The van der Waals surface area contributed by atoms with Crippen molar-refractivity contribution in [3.05, 3.63) is 35.4 Å². The van der Waals surface area contributed by atoms with Gasteiger partial charge in [0, 0.05) is 24.9 Å². The van der Waals surface area contributed by atoms with Gasteiger partial charge in [0.05, 0.1) is 0 Å². The molecule has 0 aromatic heterocycles. The van der Waals surface area contributed by atoms with Gasteiger partial charge in [0.25, 0.3) is 0 Å². The molecule has 98 valence electrons. The standard InChI is InChI=1S/C15H22N2O/c1-2-12-4-6-13(7-5-12)15(11-16)8-3-9-17-14(18)10-15/h4-7H,2-3,8-11,16H2,1H3,(H,17,18). The van der Waals surface area contributed by atoms with Gasteiger partial charge in [0.2, 0.25) is 5.91 Å². The molecule has 18 heavy (non-hydrogen) atoms. The van der Waals surface area contributed by atoms with Crippen molar-refractivity contribution < 1.29 is 4.79 Å². The predicted octanol–water partition coefficient (Wildman–Crippen LogP) is 1.75. The molecule has 1 atom stereocenters. The lowest BCUT2D eigenvalue weighted by atomic mass is 9.74. The maximum absolute atomic E-state index is 11.8. The molecule has 1 unspecified atom stereocenters. The summed E-state index contributed by atoms with van der Waals surface area (Å²) in [6, 6.07) is 8.58. The van der Waals surface area contributed by atoms with E-state index in [1.165, 1.54) is 11.1 Å². The molecule has 3 heteroatoms. The summed E-state index contributed by atoms with van der Waals surface area (Å²) in [4.78, 5) is 11.8. The lowest BCUT2D eigenvalue weighted by Crippen LogP contribution is -2.38. The molecule has 0 aliphatic carbocycles. The zero-order chi connectivity index (χ0) is 13.0. The van der Waals surface area contributed by atoms with E-state index in [9.17, 15) is 4.79 Å². The van der Waals surface area contributed by atoms with Gasteiger partial charge in [-0.2, -0.15) is 0 Å². The molecule has 1 aromatic carbocycles. The van der Waals surface area contributed by atoms with Crippen LogP contribution in [0.3, 0.4) is 0 Å². The van der Waals surface area contributed by atoms with Crippen LogP contribution < -0.4 is 11.1 Å². The number of rotatable bonds is 3. The fourth-order valence-corrected chi connectivity index (χ4v) is 2.75. The molecule has 3 N–H and O–H groups in total. The Labute approximate surface area is 109 Å². The molecule has 1 aromatic rings. The van der Waals surface area contributed by atoms with E-state index in [1.807, 2.05) is 0 Å². The van der Waals surface area contributed by atoms with Crippen molar-refractivity contribution in [2.75, 3.05) is 13.1 Å².